The van der Waals surface area contributed by atoms with E-state index in [0.717, 1.165) is 37.8 Å². The number of ether oxygens (including phenoxy) is 1. The van der Waals surface area contributed by atoms with Gasteiger partial charge in [0.05, 0.1) is 5.54 Å². The topological polar surface area (TPSA) is 38.3 Å². The Hall–Kier alpha value is -0.0900. The van der Waals surface area contributed by atoms with E-state index in [1.54, 1.807) is 0 Å². The molecule has 0 aromatic rings. The van der Waals surface area contributed by atoms with Gasteiger partial charge in [-0.25, -0.2) is 0 Å². The molecule has 1 amide bonds. The van der Waals surface area contributed by atoms with Gasteiger partial charge in [0.2, 0.25) is 5.91 Å². The lowest BCUT2D eigenvalue weighted by Crippen LogP contribution is -2.53. The number of hydrogen-bond donors (Lipinski definition) is 1. The molecule has 3 nitrogen and oxygen atoms in total. The van der Waals surface area contributed by atoms with Crippen molar-refractivity contribution in [1.82, 2.24) is 5.32 Å². The van der Waals surface area contributed by atoms with Gasteiger partial charge in [-0.3, -0.25) is 4.79 Å². The van der Waals surface area contributed by atoms with Gasteiger partial charge in [0.1, 0.15) is 0 Å². The normalized spacial score (nSPS) is 18.6. The van der Waals surface area contributed by atoms with Crippen LogP contribution < -0.4 is 5.32 Å². The van der Waals surface area contributed by atoms with Crippen LogP contribution in [-0.4, -0.2) is 30.0 Å². The summed E-state index contributed by atoms with van der Waals surface area (Å²) in [7, 11) is 0. The van der Waals surface area contributed by atoms with E-state index in [2.05, 4.69) is 28.2 Å². The van der Waals surface area contributed by atoms with E-state index in [-0.39, 0.29) is 11.4 Å². The Kier molecular flexibility index (Phi) is 7.91. The Morgan fingerprint density at radius 1 is 1.22 bits per heavy atom. The van der Waals surface area contributed by atoms with Crippen molar-refractivity contribution in [2.24, 2.45) is 0 Å². The molecule has 18 heavy (non-hydrogen) atoms. The van der Waals surface area contributed by atoms with Gasteiger partial charge in [0.25, 0.3) is 0 Å². The number of carbonyl (C=O) groups is 1. The number of amides is 1. The number of carbonyl (C=O) groups excluding carboxylic acids is 1. The second kappa shape index (κ2) is 8.92. The lowest BCUT2D eigenvalue weighted by Gasteiger charge is -2.36. The summed E-state index contributed by atoms with van der Waals surface area (Å²) in [5.74, 6) is 0.202. The summed E-state index contributed by atoms with van der Waals surface area (Å²) in [6.07, 6.45) is 8.47. The van der Waals surface area contributed by atoms with Gasteiger partial charge in [0, 0.05) is 25.0 Å². The maximum absolute atomic E-state index is 11.9. The lowest BCUT2D eigenvalue weighted by atomic mass is 9.92. The summed E-state index contributed by atoms with van der Waals surface area (Å²) in [6, 6.07) is 0. The van der Waals surface area contributed by atoms with Crippen molar-refractivity contribution in [3.63, 3.8) is 0 Å². The first-order chi connectivity index (χ1) is 8.72. The molecule has 4 heteroatoms. The minimum Gasteiger partial charge on any atom is -0.381 e. The van der Waals surface area contributed by atoms with Crippen molar-refractivity contribution in [3.05, 3.63) is 0 Å². The Morgan fingerprint density at radius 2 is 1.89 bits per heavy atom. The monoisotopic (exact) mass is 319 g/mol. The summed E-state index contributed by atoms with van der Waals surface area (Å²) in [6.45, 7) is 3.71. The van der Waals surface area contributed by atoms with E-state index in [4.69, 9.17) is 4.74 Å². The molecule has 0 unspecified atom stereocenters. The van der Waals surface area contributed by atoms with Crippen LogP contribution in [0.4, 0.5) is 0 Å². The van der Waals surface area contributed by atoms with Crippen molar-refractivity contribution >= 4 is 21.8 Å². The summed E-state index contributed by atoms with van der Waals surface area (Å²) < 4.78 is 5.36. The summed E-state index contributed by atoms with van der Waals surface area (Å²) in [4.78, 5) is 11.9. The van der Waals surface area contributed by atoms with Crippen molar-refractivity contribution in [1.29, 1.82) is 0 Å². The molecule has 0 aromatic heterocycles. The summed E-state index contributed by atoms with van der Waals surface area (Å²) in [5, 5.41) is 4.03. The summed E-state index contributed by atoms with van der Waals surface area (Å²) in [5.41, 5.74) is -0.0707. The van der Waals surface area contributed by atoms with Gasteiger partial charge >= 0.3 is 0 Å². The standard InChI is InChI=1S/C14H26BrNO2/c1-2-3-4-5-6-7-13(17)16-14(12-15)8-10-18-11-9-14/h2-12H2,1H3,(H,16,17). The third-order valence-corrected chi connectivity index (χ3v) is 4.69. The largest absolute Gasteiger partial charge is 0.381 e. The maximum Gasteiger partial charge on any atom is 0.220 e. The average Bonchev–Trinajstić information content (AvgIpc) is 2.39. The first-order valence-corrected chi connectivity index (χ1v) is 8.29. The molecule has 1 aliphatic rings. The van der Waals surface area contributed by atoms with Crippen molar-refractivity contribution in [2.75, 3.05) is 18.5 Å². The van der Waals surface area contributed by atoms with Crippen LogP contribution in [0.5, 0.6) is 0 Å². The second-order valence-corrected chi connectivity index (χ2v) is 5.80. The van der Waals surface area contributed by atoms with Crippen LogP contribution in [0.3, 0.4) is 0 Å². The zero-order chi connectivity index (χ0) is 13.3. The fraction of sp³-hybridized carbons (Fsp3) is 0.929. The molecule has 0 bridgehead atoms. The van der Waals surface area contributed by atoms with Gasteiger partial charge in [0.15, 0.2) is 0 Å². The number of unbranched alkanes of at least 4 members (excludes halogenated alkanes) is 4. The molecule has 106 valence electrons. The van der Waals surface area contributed by atoms with Crippen LogP contribution in [0.2, 0.25) is 0 Å². The molecule has 1 fully saturated rings. The molecule has 1 aliphatic heterocycles. The van der Waals surface area contributed by atoms with Gasteiger partial charge in [-0.1, -0.05) is 48.5 Å². The zero-order valence-electron chi connectivity index (χ0n) is 11.5. The Labute approximate surface area is 119 Å². The predicted molar refractivity (Wildman–Crippen MR) is 78.1 cm³/mol. The third-order valence-electron chi connectivity index (χ3n) is 3.62. The molecule has 0 saturated carbocycles. The smallest absolute Gasteiger partial charge is 0.220 e. The predicted octanol–water partition coefficient (Wildman–Crippen LogP) is 3.41. The van der Waals surface area contributed by atoms with E-state index >= 15 is 0 Å². The van der Waals surface area contributed by atoms with Crippen LogP contribution >= 0.6 is 15.9 Å². The van der Waals surface area contributed by atoms with Crippen LogP contribution in [0.25, 0.3) is 0 Å². The first-order valence-electron chi connectivity index (χ1n) is 7.17. The van der Waals surface area contributed by atoms with Crippen LogP contribution in [-0.2, 0) is 9.53 Å². The first kappa shape index (κ1) is 16.0. The molecule has 1 heterocycles. The molecule has 0 atom stereocenters. The Morgan fingerprint density at radius 3 is 2.50 bits per heavy atom. The number of hydrogen-bond acceptors (Lipinski definition) is 2. The van der Waals surface area contributed by atoms with Gasteiger partial charge in [-0.05, 0) is 19.3 Å². The van der Waals surface area contributed by atoms with Gasteiger partial charge < -0.3 is 10.1 Å². The van der Waals surface area contributed by atoms with Gasteiger partial charge in [-0.2, -0.15) is 0 Å². The zero-order valence-corrected chi connectivity index (χ0v) is 13.1. The Bertz CT molecular complexity index is 240. The third kappa shape index (κ3) is 5.70. The van der Waals surface area contributed by atoms with E-state index in [1.807, 2.05) is 0 Å². The van der Waals surface area contributed by atoms with E-state index < -0.39 is 0 Å². The highest BCUT2D eigenvalue weighted by Crippen LogP contribution is 2.23. The highest BCUT2D eigenvalue weighted by Gasteiger charge is 2.32. The van der Waals surface area contributed by atoms with Crippen molar-refractivity contribution < 1.29 is 9.53 Å². The average molecular weight is 320 g/mol. The molecule has 1 rings (SSSR count). The summed E-state index contributed by atoms with van der Waals surface area (Å²) >= 11 is 3.53. The molecule has 1 saturated heterocycles. The maximum atomic E-state index is 11.9. The van der Waals surface area contributed by atoms with E-state index in [9.17, 15) is 4.79 Å². The van der Waals surface area contributed by atoms with Crippen molar-refractivity contribution in [3.8, 4) is 0 Å². The minimum absolute atomic E-state index is 0.0707. The van der Waals surface area contributed by atoms with Crippen molar-refractivity contribution in [2.45, 2.75) is 63.8 Å². The lowest BCUT2D eigenvalue weighted by molar-refractivity contribution is -0.124. The number of alkyl halides is 1. The van der Waals surface area contributed by atoms with Crippen LogP contribution in [0, 0.1) is 0 Å². The van der Waals surface area contributed by atoms with Crippen LogP contribution in [0.1, 0.15) is 58.3 Å². The SMILES string of the molecule is CCCCCCCC(=O)NC1(CBr)CCOCC1. The number of rotatable bonds is 8. The fourth-order valence-electron chi connectivity index (χ4n) is 2.30. The highest BCUT2D eigenvalue weighted by atomic mass is 79.9. The Balaban J connectivity index is 2.20. The second-order valence-electron chi connectivity index (χ2n) is 5.24. The molecule has 1 N–H and O–H groups in total. The van der Waals surface area contributed by atoms with Gasteiger partial charge in [-0.15, -0.1) is 0 Å². The molecular weight excluding hydrogens is 294 g/mol. The van der Waals surface area contributed by atoms with E-state index in [1.165, 1.54) is 25.7 Å². The van der Waals surface area contributed by atoms with Crippen LogP contribution in [0.15, 0.2) is 0 Å². The number of halogens is 1. The molecular formula is C14H26BrNO2. The molecule has 0 radical (unpaired) electrons. The number of nitrogens with one attached hydrogen (secondary N) is 1. The molecule has 0 aromatic carbocycles. The quantitative estimate of drug-likeness (QED) is 0.550. The highest BCUT2D eigenvalue weighted by molar-refractivity contribution is 9.09. The fourth-order valence-corrected chi connectivity index (χ4v) is 3.00. The molecule has 0 spiro atoms. The molecule has 0 aliphatic carbocycles. The minimum atomic E-state index is -0.0707. The van der Waals surface area contributed by atoms with E-state index in [0.29, 0.717) is 6.42 Å².